The highest BCUT2D eigenvalue weighted by molar-refractivity contribution is 6.46. The van der Waals surface area contributed by atoms with Crippen LogP contribution in [0, 0.1) is 0 Å². The minimum absolute atomic E-state index is 0.0247. The Labute approximate surface area is 187 Å². The highest BCUT2D eigenvalue weighted by atomic mass is 16.5. The maximum Gasteiger partial charge on any atom is 0.374 e. The number of nitrogens with one attached hydrogen (secondary N) is 1. The number of carbonyl (C=O) groups is 3. The zero-order valence-corrected chi connectivity index (χ0v) is 18.1. The van der Waals surface area contributed by atoms with Crippen LogP contribution in [0.5, 0.6) is 5.75 Å². The molecule has 168 valence electrons. The van der Waals surface area contributed by atoms with Gasteiger partial charge in [-0.25, -0.2) is 4.79 Å². The lowest BCUT2D eigenvalue weighted by molar-refractivity contribution is -0.147. The molecule has 0 aromatic heterocycles. The van der Waals surface area contributed by atoms with Gasteiger partial charge in [-0.15, -0.1) is 0 Å². The quantitative estimate of drug-likeness (QED) is 0.237. The summed E-state index contributed by atoms with van der Waals surface area (Å²) in [6, 6.07) is 15.0. The summed E-state index contributed by atoms with van der Waals surface area (Å²) in [6.45, 7) is 5.17. The summed E-state index contributed by atoms with van der Waals surface area (Å²) in [5, 5.41) is 12.5. The fourth-order valence-corrected chi connectivity index (χ4v) is 2.76. The third-order valence-electron chi connectivity index (χ3n) is 4.40. The number of carbonyl (C=O) groups excluding carboxylic acids is 3. The van der Waals surface area contributed by atoms with Crippen LogP contribution in [-0.4, -0.2) is 43.1 Å². The molecule has 2 rings (SSSR count). The predicted octanol–water partition coefficient (Wildman–Crippen LogP) is 2.07. The second kappa shape index (κ2) is 12.4. The lowest BCUT2D eigenvalue weighted by Gasteiger charge is -2.18. The molecule has 0 spiro atoms. The standard InChI is InChI=1S/C23H26BNO7/c1-16(13-21(26)30-3)22(27)32-19-11-9-17(10-12-19)14-20(25-24(2)29)23(28)31-15-18-7-5-4-6-8-18/h4-12,20,25,29H,1,13-15H2,2-3H3. The molecule has 32 heavy (non-hydrogen) atoms. The van der Waals surface area contributed by atoms with E-state index in [9.17, 15) is 19.4 Å². The molecule has 0 bridgehead atoms. The average molecular weight is 439 g/mol. The fraction of sp³-hybridized carbons (Fsp3) is 0.261. The summed E-state index contributed by atoms with van der Waals surface area (Å²) in [7, 11) is 0.307. The van der Waals surface area contributed by atoms with E-state index in [1.54, 1.807) is 24.3 Å². The Bertz CT molecular complexity index is 929. The van der Waals surface area contributed by atoms with E-state index in [0.717, 1.165) is 11.1 Å². The highest BCUT2D eigenvalue weighted by Gasteiger charge is 2.23. The van der Waals surface area contributed by atoms with Crippen LogP contribution < -0.4 is 9.96 Å². The van der Waals surface area contributed by atoms with Crippen molar-refractivity contribution in [2.24, 2.45) is 0 Å². The summed E-state index contributed by atoms with van der Waals surface area (Å²) in [6.07, 6.45) is -0.00694. The van der Waals surface area contributed by atoms with Gasteiger partial charge in [0.15, 0.2) is 0 Å². The molecule has 9 heteroatoms. The molecule has 0 aliphatic carbocycles. The first-order chi connectivity index (χ1) is 15.3. The molecule has 8 nitrogen and oxygen atoms in total. The van der Waals surface area contributed by atoms with Crippen molar-refractivity contribution in [1.82, 2.24) is 5.23 Å². The van der Waals surface area contributed by atoms with E-state index in [1.807, 2.05) is 30.3 Å². The highest BCUT2D eigenvalue weighted by Crippen LogP contribution is 2.16. The normalized spacial score (nSPS) is 11.2. The lowest BCUT2D eigenvalue weighted by Crippen LogP contribution is -2.46. The molecule has 0 saturated carbocycles. The van der Waals surface area contributed by atoms with Crippen LogP contribution in [0.2, 0.25) is 6.82 Å². The van der Waals surface area contributed by atoms with Gasteiger partial charge >= 0.3 is 25.0 Å². The molecule has 2 aromatic carbocycles. The van der Waals surface area contributed by atoms with Crippen LogP contribution in [0.15, 0.2) is 66.7 Å². The summed E-state index contributed by atoms with van der Waals surface area (Å²) >= 11 is 0. The topological polar surface area (TPSA) is 111 Å². The van der Waals surface area contributed by atoms with Crippen molar-refractivity contribution in [2.75, 3.05) is 7.11 Å². The van der Waals surface area contributed by atoms with Gasteiger partial charge in [-0.05, 0) is 36.5 Å². The number of rotatable bonds is 11. The van der Waals surface area contributed by atoms with Crippen LogP contribution >= 0.6 is 0 Å². The van der Waals surface area contributed by atoms with Gasteiger partial charge in [0.1, 0.15) is 18.4 Å². The summed E-state index contributed by atoms with van der Waals surface area (Å²) in [5.41, 5.74) is 1.59. The predicted molar refractivity (Wildman–Crippen MR) is 119 cm³/mol. The number of hydrogen-bond acceptors (Lipinski definition) is 8. The van der Waals surface area contributed by atoms with Crippen molar-refractivity contribution in [1.29, 1.82) is 0 Å². The first kappa shape index (κ1) is 24.8. The monoisotopic (exact) mass is 439 g/mol. The molecule has 1 unspecified atom stereocenters. The molecule has 0 fully saturated rings. The van der Waals surface area contributed by atoms with Gasteiger partial charge in [0.25, 0.3) is 0 Å². The third-order valence-corrected chi connectivity index (χ3v) is 4.40. The van der Waals surface area contributed by atoms with E-state index < -0.39 is 31.0 Å². The van der Waals surface area contributed by atoms with E-state index >= 15 is 0 Å². The number of benzene rings is 2. The molecule has 2 N–H and O–H groups in total. The molecule has 0 radical (unpaired) electrons. The molecule has 0 amide bonds. The van der Waals surface area contributed by atoms with Crippen molar-refractivity contribution >= 4 is 25.0 Å². The van der Waals surface area contributed by atoms with Crippen molar-refractivity contribution in [3.8, 4) is 5.75 Å². The van der Waals surface area contributed by atoms with Crippen LogP contribution in [-0.2, 0) is 36.9 Å². The smallest absolute Gasteiger partial charge is 0.374 e. The maximum atomic E-state index is 12.5. The molecule has 0 saturated heterocycles. The molecule has 0 heterocycles. The van der Waals surface area contributed by atoms with Gasteiger partial charge in [-0.1, -0.05) is 49.0 Å². The number of esters is 3. The van der Waals surface area contributed by atoms with E-state index in [2.05, 4.69) is 16.5 Å². The SMILES string of the molecule is C=C(CC(=O)OC)C(=O)Oc1ccc(CC(NB(C)O)C(=O)OCc2ccccc2)cc1. The van der Waals surface area contributed by atoms with E-state index in [-0.39, 0.29) is 30.8 Å². The van der Waals surface area contributed by atoms with Gasteiger partial charge in [0.05, 0.1) is 13.5 Å². The molecular formula is C23H26BNO7. The Kier molecular flexibility index (Phi) is 9.65. The molecule has 2 aromatic rings. The zero-order valence-electron chi connectivity index (χ0n) is 18.1. The van der Waals surface area contributed by atoms with Crippen molar-refractivity contribution in [3.05, 3.63) is 77.9 Å². The van der Waals surface area contributed by atoms with Gasteiger partial charge in [-0.3, -0.25) is 9.59 Å². The Hall–Kier alpha value is -3.43. The summed E-state index contributed by atoms with van der Waals surface area (Å²) in [4.78, 5) is 35.8. The second-order valence-corrected chi connectivity index (χ2v) is 7.08. The van der Waals surface area contributed by atoms with Crippen molar-refractivity contribution in [3.63, 3.8) is 0 Å². The molecule has 0 aliphatic heterocycles. The van der Waals surface area contributed by atoms with E-state index in [0.29, 0.717) is 0 Å². The average Bonchev–Trinajstić information content (AvgIpc) is 2.78. The maximum absolute atomic E-state index is 12.5. The van der Waals surface area contributed by atoms with Crippen molar-refractivity contribution in [2.45, 2.75) is 32.3 Å². The first-order valence-electron chi connectivity index (χ1n) is 9.99. The Morgan fingerprint density at radius 2 is 1.72 bits per heavy atom. The van der Waals surface area contributed by atoms with Crippen LogP contribution in [0.4, 0.5) is 0 Å². The van der Waals surface area contributed by atoms with Gasteiger partial charge in [0.2, 0.25) is 0 Å². The third kappa shape index (κ3) is 8.37. The van der Waals surface area contributed by atoms with Gasteiger partial charge in [-0.2, -0.15) is 0 Å². The van der Waals surface area contributed by atoms with Crippen LogP contribution in [0.3, 0.4) is 0 Å². The minimum Gasteiger partial charge on any atom is -0.469 e. The van der Waals surface area contributed by atoms with E-state index in [1.165, 1.54) is 13.9 Å². The summed E-state index contributed by atoms with van der Waals surface area (Å²) < 4.78 is 15.1. The fourth-order valence-electron chi connectivity index (χ4n) is 2.76. The Balaban J connectivity index is 1.96. The zero-order chi connectivity index (χ0) is 23.5. The second-order valence-electron chi connectivity index (χ2n) is 7.08. The van der Waals surface area contributed by atoms with Crippen LogP contribution in [0.1, 0.15) is 17.5 Å². The number of ether oxygens (including phenoxy) is 3. The molecule has 0 aliphatic rings. The molecule has 1 atom stereocenters. The number of methoxy groups -OCH3 is 1. The van der Waals surface area contributed by atoms with Crippen molar-refractivity contribution < 1.29 is 33.6 Å². The van der Waals surface area contributed by atoms with Gasteiger partial charge < -0.3 is 24.5 Å². The minimum atomic E-state index is -0.912. The first-order valence-corrected chi connectivity index (χ1v) is 9.99. The summed E-state index contributed by atoms with van der Waals surface area (Å²) in [5.74, 6) is -1.56. The Morgan fingerprint density at radius 1 is 1.06 bits per heavy atom. The van der Waals surface area contributed by atoms with Gasteiger partial charge in [0, 0.05) is 5.57 Å². The van der Waals surface area contributed by atoms with E-state index in [4.69, 9.17) is 9.47 Å². The Morgan fingerprint density at radius 3 is 2.31 bits per heavy atom. The molecular weight excluding hydrogens is 413 g/mol. The van der Waals surface area contributed by atoms with Crippen LogP contribution in [0.25, 0.3) is 0 Å². The number of hydrogen-bond donors (Lipinski definition) is 2. The largest absolute Gasteiger partial charge is 0.469 e. The lowest BCUT2D eigenvalue weighted by atomic mass is 9.86.